The average Bonchev–Trinajstić information content (AvgIpc) is 3.05. The Morgan fingerprint density at radius 3 is 1.58 bits per heavy atom. The number of hydrogen-bond acceptors (Lipinski definition) is 8. The lowest BCUT2D eigenvalue weighted by molar-refractivity contribution is 0.115. The third kappa shape index (κ3) is 15.9. The molecule has 0 saturated carbocycles. The number of nitrogens with zero attached hydrogens (tertiary/aromatic N) is 2. The Bertz CT molecular complexity index is 1250. The molecular weight excluding hydrogens is 564 g/mol. The van der Waals surface area contributed by atoms with E-state index in [1.165, 1.54) is 11.1 Å². The van der Waals surface area contributed by atoms with Gasteiger partial charge in [0.15, 0.2) is 0 Å². The summed E-state index contributed by atoms with van der Waals surface area (Å²) in [5, 5.41) is 0.460. The number of benzene rings is 2. The van der Waals surface area contributed by atoms with Crippen molar-refractivity contribution in [2.45, 2.75) is 51.7 Å². The molecule has 0 fully saturated rings. The quantitative estimate of drug-likeness (QED) is 0.0486. The Morgan fingerprint density at radius 1 is 0.581 bits per heavy atom. The van der Waals surface area contributed by atoms with Crippen LogP contribution in [0.5, 0.6) is 11.5 Å². The van der Waals surface area contributed by atoms with Gasteiger partial charge in [0.1, 0.15) is 22.5 Å². The summed E-state index contributed by atoms with van der Waals surface area (Å²) in [4.78, 5) is 7.94. The predicted octanol–water partition coefficient (Wildman–Crippen LogP) is 7.63. The minimum absolute atomic E-state index is 0.460. The van der Waals surface area contributed by atoms with Crippen molar-refractivity contribution < 1.29 is 18.9 Å². The largest absolute Gasteiger partial charge is 0.493 e. The molecular formula is C34H43ClN4O4. The number of anilines is 1. The SMILES string of the molecule is Clc1cc(OCCCCCOCc2ccccc2)ccn1.NNc1cc(OCCCCCOCc2ccccc2)ccn1. The van der Waals surface area contributed by atoms with Gasteiger partial charge in [0.25, 0.3) is 0 Å². The Balaban J connectivity index is 0.000000236. The van der Waals surface area contributed by atoms with Crippen LogP contribution < -0.4 is 20.7 Å². The molecule has 0 bridgehead atoms. The minimum Gasteiger partial charge on any atom is -0.493 e. The lowest BCUT2D eigenvalue weighted by atomic mass is 10.2. The summed E-state index contributed by atoms with van der Waals surface area (Å²) < 4.78 is 22.5. The molecule has 2 aromatic heterocycles. The maximum atomic E-state index is 5.79. The summed E-state index contributed by atoms with van der Waals surface area (Å²) in [6.45, 7) is 4.32. The summed E-state index contributed by atoms with van der Waals surface area (Å²) in [7, 11) is 0. The van der Waals surface area contributed by atoms with Crippen LogP contribution in [-0.4, -0.2) is 36.4 Å². The third-order valence-corrected chi connectivity index (χ3v) is 6.41. The number of nitrogens with two attached hydrogens (primary N) is 1. The van der Waals surface area contributed by atoms with E-state index in [9.17, 15) is 0 Å². The fourth-order valence-electron chi connectivity index (χ4n) is 3.93. The Kier molecular flexibility index (Phi) is 17.2. The predicted molar refractivity (Wildman–Crippen MR) is 172 cm³/mol. The maximum absolute atomic E-state index is 5.79. The number of pyridine rings is 2. The van der Waals surface area contributed by atoms with Crippen LogP contribution in [0, 0.1) is 0 Å². The molecule has 0 spiro atoms. The summed E-state index contributed by atoms with van der Waals surface area (Å²) in [6, 6.07) is 27.6. The van der Waals surface area contributed by atoms with Crippen LogP contribution in [0.4, 0.5) is 5.82 Å². The summed E-state index contributed by atoms with van der Waals surface area (Å²) in [6.07, 6.45) is 9.60. The first-order chi connectivity index (χ1) is 21.2. The molecule has 9 heteroatoms. The standard InChI is InChI=1S/C17H20ClNO2.C17H23N3O2/c18-17-13-16(9-10-19-17)21-12-6-2-5-11-20-14-15-7-3-1-4-8-15;18-20-17-13-16(9-10-19-17)22-12-6-2-5-11-21-14-15-7-3-1-4-8-15/h1,3-4,7-10,13H,2,5-6,11-12,14H2;1,3-4,7-10,13H,2,5-6,11-12,14,18H2,(H,19,20). The van der Waals surface area contributed by atoms with E-state index < -0.39 is 0 Å². The number of rotatable bonds is 19. The highest BCUT2D eigenvalue weighted by Gasteiger charge is 1.99. The molecule has 0 aliphatic carbocycles. The van der Waals surface area contributed by atoms with Gasteiger partial charge in [0.05, 0.1) is 26.4 Å². The average molecular weight is 607 g/mol. The molecule has 3 N–H and O–H groups in total. The number of aromatic nitrogens is 2. The third-order valence-electron chi connectivity index (χ3n) is 6.20. The smallest absolute Gasteiger partial charge is 0.143 e. The van der Waals surface area contributed by atoms with Gasteiger partial charge in [-0.25, -0.2) is 15.8 Å². The van der Waals surface area contributed by atoms with E-state index >= 15 is 0 Å². The van der Waals surface area contributed by atoms with Crippen molar-refractivity contribution in [2.24, 2.45) is 5.84 Å². The topological polar surface area (TPSA) is 101 Å². The van der Waals surface area contributed by atoms with Crippen LogP contribution in [-0.2, 0) is 22.7 Å². The molecule has 4 aromatic rings. The van der Waals surface area contributed by atoms with Gasteiger partial charge in [0.2, 0.25) is 0 Å². The van der Waals surface area contributed by atoms with Gasteiger partial charge in [-0.15, -0.1) is 0 Å². The molecule has 0 amide bonds. The molecule has 8 nitrogen and oxygen atoms in total. The number of hydrazine groups is 1. The van der Waals surface area contributed by atoms with Gasteiger partial charge in [-0.2, -0.15) is 0 Å². The molecule has 43 heavy (non-hydrogen) atoms. The van der Waals surface area contributed by atoms with Crippen LogP contribution >= 0.6 is 11.6 Å². The second-order valence-corrected chi connectivity index (χ2v) is 10.1. The van der Waals surface area contributed by atoms with Crippen LogP contribution in [0.1, 0.15) is 49.7 Å². The number of nitrogen functional groups attached to an aromatic ring is 1. The first kappa shape index (κ1) is 33.8. The van der Waals surface area contributed by atoms with Crippen molar-refractivity contribution in [3.8, 4) is 11.5 Å². The van der Waals surface area contributed by atoms with Crippen LogP contribution in [0.3, 0.4) is 0 Å². The molecule has 0 atom stereocenters. The monoisotopic (exact) mass is 606 g/mol. The number of ether oxygens (including phenoxy) is 4. The van der Waals surface area contributed by atoms with Crippen molar-refractivity contribution in [3.05, 3.63) is 114 Å². The van der Waals surface area contributed by atoms with Crippen LogP contribution in [0.2, 0.25) is 5.15 Å². The number of halogens is 1. The van der Waals surface area contributed by atoms with Gasteiger partial charge in [-0.3, -0.25) is 0 Å². The molecule has 4 rings (SSSR count). The highest BCUT2D eigenvalue weighted by molar-refractivity contribution is 6.29. The van der Waals surface area contributed by atoms with Crippen LogP contribution in [0.25, 0.3) is 0 Å². The molecule has 230 valence electrons. The molecule has 0 radical (unpaired) electrons. The van der Waals surface area contributed by atoms with E-state index in [0.717, 1.165) is 63.2 Å². The highest BCUT2D eigenvalue weighted by Crippen LogP contribution is 2.15. The summed E-state index contributed by atoms with van der Waals surface area (Å²) >= 11 is 5.79. The highest BCUT2D eigenvalue weighted by atomic mass is 35.5. The zero-order chi connectivity index (χ0) is 30.2. The normalized spacial score (nSPS) is 10.5. The molecule has 2 heterocycles. The number of nitrogens with one attached hydrogen (secondary N) is 1. The van der Waals surface area contributed by atoms with Gasteiger partial charge in [-0.1, -0.05) is 72.3 Å². The van der Waals surface area contributed by atoms with Crippen LogP contribution in [0.15, 0.2) is 97.3 Å². The van der Waals surface area contributed by atoms with E-state index in [0.29, 0.717) is 37.4 Å². The van der Waals surface area contributed by atoms with Gasteiger partial charge in [0, 0.05) is 37.7 Å². The Hall–Kier alpha value is -3.69. The van der Waals surface area contributed by atoms with Crippen molar-refractivity contribution >= 4 is 17.4 Å². The fourth-order valence-corrected chi connectivity index (χ4v) is 4.09. The minimum atomic E-state index is 0.460. The van der Waals surface area contributed by atoms with E-state index in [4.69, 9.17) is 36.4 Å². The van der Waals surface area contributed by atoms with Crippen molar-refractivity contribution in [1.82, 2.24) is 9.97 Å². The van der Waals surface area contributed by atoms with E-state index in [1.807, 2.05) is 48.5 Å². The fraction of sp³-hybridized carbons (Fsp3) is 0.353. The molecule has 0 aliphatic heterocycles. The molecule has 0 unspecified atom stereocenters. The lowest BCUT2D eigenvalue weighted by Crippen LogP contribution is -2.08. The van der Waals surface area contributed by atoms with Gasteiger partial charge < -0.3 is 24.4 Å². The molecule has 0 saturated heterocycles. The zero-order valence-corrected chi connectivity index (χ0v) is 25.5. The van der Waals surface area contributed by atoms with Gasteiger partial charge >= 0.3 is 0 Å². The second kappa shape index (κ2) is 21.9. The molecule has 2 aromatic carbocycles. The summed E-state index contributed by atoms with van der Waals surface area (Å²) in [5.74, 6) is 7.46. The number of unbranched alkanes of at least 4 members (excludes halogenated alkanes) is 4. The zero-order valence-electron chi connectivity index (χ0n) is 24.7. The van der Waals surface area contributed by atoms with E-state index in [2.05, 4.69) is 39.7 Å². The van der Waals surface area contributed by atoms with Gasteiger partial charge in [-0.05, 0) is 61.8 Å². The van der Waals surface area contributed by atoms with Crippen molar-refractivity contribution in [3.63, 3.8) is 0 Å². The maximum Gasteiger partial charge on any atom is 0.143 e. The van der Waals surface area contributed by atoms with E-state index in [-0.39, 0.29) is 0 Å². The lowest BCUT2D eigenvalue weighted by Gasteiger charge is -2.07. The first-order valence-electron chi connectivity index (χ1n) is 14.8. The Labute approximate surface area is 260 Å². The van der Waals surface area contributed by atoms with E-state index in [1.54, 1.807) is 24.5 Å². The van der Waals surface area contributed by atoms with Crippen molar-refractivity contribution in [2.75, 3.05) is 31.9 Å². The first-order valence-corrected chi connectivity index (χ1v) is 15.1. The molecule has 0 aliphatic rings. The number of hydrogen-bond donors (Lipinski definition) is 2. The van der Waals surface area contributed by atoms with Crippen molar-refractivity contribution in [1.29, 1.82) is 0 Å². The summed E-state index contributed by atoms with van der Waals surface area (Å²) in [5.41, 5.74) is 4.93. The second-order valence-electron chi connectivity index (χ2n) is 9.73. The Morgan fingerprint density at radius 2 is 1.07 bits per heavy atom.